The number of amides is 1. The summed E-state index contributed by atoms with van der Waals surface area (Å²) < 4.78 is 15.4. The van der Waals surface area contributed by atoms with Crippen LogP contribution in [0.15, 0.2) is 36.7 Å². The highest BCUT2D eigenvalue weighted by Gasteiger charge is 2.25. The van der Waals surface area contributed by atoms with Crippen molar-refractivity contribution < 1.29 is 9.18 Å². The lowest BCUT2D eigenvalue weighted by Crippen LogP contribution is -2.38. The van der Waals surface area contributed by atoms with Crippen molar-refractivity contribution in [3.8, 4) is 0 Å². The fourth-order valence-corrected chi connectivity index (χ4v) is 3.34. The van der Waals surface area contributed by atoms with Crippen molar-refractivity contribution in [2.75, 3.05) is 18.0 Å². The van der Waals surface area contributed by atoms with E-state index in [2.05, 4.69) is 25.5 Å². The molecule has 1 aromatic carbocycles. The van der Waals surface area contributed by atoms with Crippen molar-refractivity contribution in [1.29, 1.82) is 0 Å². The lowest BCUT2D eigenvalue weighted by Gasteiger charge is -2.18. The second-order valence-corrected chi connectivity index (χ2v) is 6.61. The zero-order valence-corrected chi connectivity index (χ0v) is 14.5. The Balaban J connectivity index is 1.38. The van der Waals surface area contributed by atoms with Crippen molar-refractivity contribution >= 4 is 29.0 Å². The van der Waals surface area contributed by atoms with Gasteiger partial charge in [-0.1, -0.05) is 17.7 Å². The zero-order valence-electron chi connectivity index (χ0n) is 13.8. The van der Waals surface area contributed by atoms with E-state index in [1.54, 1.807) is 16.9 Å². The molecule has 0 spiro atoms. The van der Waals surface area contributed by atoms with E-state index in [-0.39, 0.29) is 29.0 Å². The van der Waals surface area contributed by atoms with E-state index >= 15 is 0 Å². The minimum atomic E-state index is -0.466. The van der Waals surface area contributed by atoms with Gasteiger partial charge in [-0.15, -0.1) is 15.3 Å². The third-order valence-electron chi connectivity index (χ3n) is 4.42. The molecule has 1 amide bonds. The lowest BCUT2D eigenvalue weighted by molar-refractivity contribution is -0.121. The van der Waals surface area contributed by atoms with Crippen LogP contribution in [-0.4, -0.2) is 44.8 Å². The molecule has 1 fully saturated rings. The average Bonchev–Trinajstić information content (AvgIpc) is 3.26. The molecule has 134 valence electrons. The summed E-state index contributed by atoms with van der Waals surface area (Å²) in [6.45, 7) is 1.41. The summed E-state index contributed by atoms with van der Waals surface area (Å²) in [7, 11) is 0. The molecule has 4 rings (SSSR count). The number of fused-ring (bicyclic) bond motifs is 1. The predicted molar refractivity (Wildman–Crippen MR) is 94.7 cm³/mol. The van der Waals surface area contributed by atoms with E-state index in [1.165, 1.54) is 12.1 Å². The van der Waals surface area contributed by atoms with Gasteiger partial charge in [0, 0.05) is 29.7 Å². The number of carbonyl (C=O) groups is 1. The molecule has 1 N–H and O–H groups in total. The number of hydrogen-bond acceptors (Lipinski definition) is 5. The van der Waals surface area contributed by atoms with Crippen molar-refractivity contribution in [3.63, 3.8) is 0 Å². The summed E-state index contributed by atoms with van der Waals surface area (Å²) in [4.78, 5) is 14.3. The summed E-state index contributed by atoms with van der Waals surface area (Å²) in [5, 5.41) is 15.4. The number of aromatic nitrogens is 4. The fourth-order valence-electron chi connectivity index (χ4n) is 3.11. The second-order valence-electron chi connectivity index (χ2n) is 6.20. The maximum atomic E-state index is 13.8. The molecule has 0 radical (unpaired) electrons. The van der Waals surface area contributed by atoms with Crippen LogP contribution < -0.4 is 10.2 Å². The van der Waals surface area contributed by atoms with Gasteiger partial charge in [0.15, 0.2) is 5.65 Å². The van der Waals surface area contributed by atoms with E-state index in [9.17, 15) is 9.18 Å². The quantitative estimate of drug-likeness (QED) is 0.754. The normalized spacial score (nSPS) is 17.0. The summed E-state index contributed by atoms with van der Waals surface area (Å²) in [6.07, 6.45) is 2.26. The third-order valence-corrected chi connectivity index (χ3v) is 4.78. The molecule has 0 bridgehead atoms. The number of anilines is 1. The zero-order chi connectivity index (χ0) is 18.1. The van der Waals surface area contributed by atoms with Crippen molar-refractivity contribution in [2.24, 2.45) is 0 Å². The van der Waals surface area contributed by atoms with Crippen molar-refractivity contribution in [1.82, 2.24) is 25.1 Å². The fraction of sp³-hybridized carbons (Fsp3) is 0.294. The molecule has 3 aromatic rings. The van der Waals surface area contributed by atoms with Gasteiger partial charge >= 0.3 is 0 Å². The maximum absolute atomic E-state index is 13.8. The molecular weight excluding hydrogens is 359 g/mol. The highest BCUT2D eigenvalue weighted by molar-refractivity contribution is 6.31. The van der Waals surface area contributed by atoms with Gasteiger partial charge in [0.1, 0.15) is 18.0 Å². The largest absolute Gasteiger partial charge is 0.353 e. The number of benzene rings is 1. The van der Waals surface area contributed by atoms with Gasteiger partial charge in [-0.2, -0.15) is 4.52 Å². The standard InChI is InChI=1S/C17H16ClFN6O/c18-13-2-1-3-14(19)12(13)8-17(26)21-11-6-7-24(9-11)16-5-4-15-22-20-10-25(15)23-16/h1-5,10-11H,6-9H2,(H,21,26)/t11-/m1/s1. The van der Waals surface area contributed by atoms with Crippen LogP contribution in [0.1, 0.15) is 12.0 Å². The Labute approximate surface area is 153 Å². The first-order valence-corrected chi connectivity index (χ1v) is 8.62. The minimum Gasteiger partial charge on any atom is -0.353 e. The van der Waals surface area contributed by atoms with E-state index in [4.69, 9.17) is 11.6 Å². The Hall–Kier alpha value is -2.74. The number of halogens is 2. The highest BCUT2D eigenvalue weighted by Crippen LogP contribution is 2.21. The molecule has 3 heterocycles. The van der Waals surface area contributed by atoms with Gasteiger partial charge in [0.25, 0.3) is 0 Å². The number of nitrogens with one attached hydrogen (secondary N) is 1. The highest BCUT2D eigenvalue weighted by atomic mass is 35.5. The predicted octanol–water partition coefficient (Wildman–Crippen LogP) is 1.85. The van der Waals surface area contributed by atoms with E-state index in [0.717, 1.165) is 18.8 Å². The summed E-state index contributed by atoms with van der Waals surface area (Å²) >= 11 is 5.98. The van der Waals surface area contributed by atoms with Crippen LogP contribution in [0.4, 0.5) is 10.2 Å². The van der Waals surface area contributed by atoms with Gasteiger partial charge in [0.2, 0.25) is 5.91 Å². The summed E-state index contributed by atoms with van der Waals surface area (Å²) in [5.41, 5.74) is 0.904. The molecule has 26 heavy (non-hydrogen) atoms. The Morgan fingerprint density at radius 2 is 2.23 bits per heavy atom. The van der Waals surface area contributed by atoms with Crippen LogP contribution in [0.5, 0.6) is 0 Å². The molecule has 1 atom stereocenters. The average molecular weight is 375 g/mol. The molecule has 7 nitrogen and oxygen atoms in total. The van der Waals surface area contributed by atoms with Crippen LogP contribution in [-0.2, 0) is 11.2 Å². The second kappa shape index (κ2) is 6.87. The van der Waals surface area contributed by atoms with E-state index in [0.29, 0.717) is 12.2 Å². The summed E-state index contributed by atoms with van der Waals surface area (Å²) in [5.74, 6) is 0.0874. The first-order valence-electron chi connectivity index (χ1n) is 8.24. The maximum Gasteiger partial charge on any atom is 0.224 e. The van der Waals surface area contributed by atoms with Gasteiger partial charge < -0.3 is 10.2 Å². The molecule has 0 unspecified atom stereocenters. The Kier molecular flexibility index (Phi) is 4.42. The van der Waals surface area contributed by atoms with Crippen molar-refractivity contribution in [2.45, 2.75) is 18.9 Å². The van der Waals surface area contributed by atoms with Crippen LogP contribution >= 0.6 is 11.6 Å². The SMILES string of the molecule is O=C(Cc1c(F)cccc1Cl)N[C@@H]1CCN(c2ccc3nncn3n2)C1. The number of rotatable bonds is 4. The number of hydrogen-bond donors (Lipinski definition) is 1. The number of carbonyl (C=O) groups excluding carboxylic acids is 1. The third kappa shape index (κ3) is 3.32. The Morgan fingerprint density at radius 1 is 1.35 bits per heavy atom. The Morgan fingerprint density at radius 3 is 3.08 bits per heavy atom. The molecule has 1 aliphatic heterocycles. The van der Waals surface area contributed by atoms with Crippen LogP contribution in [0.2, 0.25) is 5.02 Å². The minimum absolute atomic E-state index is 0.0218. The lowest BCUT2D eigenvalue weighted by atomic mass is 10.1. The molecule has 9 heteroatoms. The first kappa shape index (κ1) is 16.7. The van der Waals surface area contributed by atoms with Crippen LogP contribution in [0, 0.1) is 5.82 Å². The van der Waals surface area contributed by atoms with Crippen molar-refractivity contribution in [3.05, 3.63) is 53.1 Å². The van der Waals surface area contributed by atoms with E-state index < -0.39 is 5.82 Å². The molecule has 1 saturated heterocycles. The van der Waals surface area contributed by atoms with Gasteiger partial charge in [-0.3, -0.25) is 4.79 Å². The molecule has 0 saturated carbocycles. The van der Waals surface area contributed by atoms with Crippen LogP contribution in [0.3, 0.4) is 0 Å². The number of nitrogens with zero attached hydrogens (tertiary/aromatic N) is 5. The monoisotopic (exact) mass is 374 g/mol. The molecule has 0 aliphatic carbocycles. The van der Waals surface area contributed by atoms with Gasteiger partial charge in [0.05, 0.1) is 6.42 Å². The topological polar surface area (TPSA) is 75.4 Å². The van der Waals surface area contributed by atoms with E-state index in [1.807, 2.05) is 12.1 Å². The Bertz CT molecular complexity index is 941. The molecule has 2 aromatic heterocycles. The smallest absolute Gasteiger partial charge is 0.224 e. The van der Waals surface area contributed by atoms with Crippen LogP contribution in [0.25, 0.3) is 5.65 Å². The van der Waals surface area contributed by atoms with Gasteiger partial charge in [-0.25, -0.2) is 4.39 Å². The molecular formula is C17H16ClFN6O. The molecule has 1 aliphatic rings. The van der Waals surface area contributed by atoms with Gasteiger partial charge in [-0.05, 0) is 30.7 Å². The first-order chi connectivity index (χ1) is 12.6. The summed E-state index contributed by atoms with van der Waals surface area (Å²) in [6, 6.07) is 8.12.